The van der Waals surface area contributed by atoms with Crippen LogP contribution in [0.25, 0.3) is 10.8 Å². The molecule has 1 amide bonds. The molecule has 138 valence electrons. The van der Waals surface area contributed by atoms with Crippen LogP contribution < -0.4 is 0 Å². The number of nitrogens with zero attached hydrogens (tertiary/aromatic N) is 6. The maximum Gasteiger partial charge on any atom is 0.254 e. The van der Waals surface area contributed by atoms with Gasteiger partial charge in [0.15, 0.2) is 16.7 Å². The summed E-state index contributed by atoms with van der Waals surface area (Å²) in [5, 5.41) is 9.53. The lowest BCUT2D eigenvalue weighted by molar-refractivity contribution is 0.0586. The minimum Gasteiger partial charge on any atom is -0.326 e. The first-order chi connectivity index (χ1) is 13.1. The molecular formula is C18H17FN6OS. The van der Waals surface area contributed by atoms with Crippen LogP contribution in [0.2, 0.25) is 0 Å². The van der Waals surface area contributed by atoms with Gasteiger partial charge in [-0.2, -0.15) is 4.37 Å². The highest BCUT2D eigenvalue weighted by Crippen LogP contribution is 2.46. The molecule has 3 aromatic rings. The molecule has 1 fully saturated rings. The first-order valence-electron chi connectivity index (χ1n) is 8.92. The summed E-state index contributed by atoms with van der Waals surface area (Å²) in [4.78, 5) is 19.4. The fourth-order valence-corrected chi connectivity index (χ4v) is 4.32. The van der Waals surface area contributed by atoms with E-state index in [0.717, 1.165) is 35.3 Å². The molecule has 0 saturated heterocycles. The van der Waals surface area contributed by atoms with Gasteiger partial charge in [-0.3, -0.25) is 4.79 Å². The molecule has 3 heterocycles. The Morgan fingerprint density at radius 2 is 1.96 bits per heavy atom. The van der Waals surface area contributed by atoms with Crippen molar-refractivity contribution in [2.45, 2.75) is 32.4 Å². The van der Waals surface area contributed by atoms with Gasteiger partial charge in [-0.25, -0.2) is 9.37 Å². The van der Waals surface area contributed by atoms with Gasteiger partial charge >= 0.3 is 0 Å². The zero-order chi connectivity index (χ0) is 18.5. The number of carbonyl (C=O) groups excluding carboxylic acids is 1. The van der Waals surface area contributed by atoms with Crippen molar-refractivity contribution in [3.8, 4) is 10.8 Å². The lowest BCUT2D eigenvalue weighted by Crippen LogP contribution is -2.43. The minimum absolute atomic E-state index is 0.0885. The molecule has 2 aliphatic rings. The number of fused-ring (bicyclic) bond motifs is 1. The SMILES string of the molecule is Cc1nsc(-c2nnc3n2CCN(C(=O)c2ccc(F)cc2)C3C2CC2)n1. The number of hydrogen-bond acceptors (Lipinski definition) is 6. The van der Waals surface area contributed by atoms with Gasteiger partial charge in [0.2, 0.25) is 0 Å². The minimum atomic E-state index is -0.347. The number of aryl methyl sites for hydroxylation is 1. The molecule has 0 N–H and O–H groups in total. The van der Waals surface area contributed by atoms with Crippen LogP contribution in [-0.4, -0.2) is 41.5 Å². The predicted octanol–water partition coefficient (Wildman–Crippen LogP) is 2.85. The third-order valence-corrected chi connectivity index (χ3v) is 5.89. The lowest BCUT2D eigenvalue weighted by atomic mass is 10.1. The molecule has 9 heteroatoms. The van der Waals surface area contributed by atoms with Gasteiger partial charge in [-0.05, 0) is 61.5 Å². The first-order valence-corrected chi connectivity index (χ1v) is 9.69. The molecule has 1 atom stereocenters. The van der Waals surface area contributed by atoms with E-state index < -0.39 is 0 Å². The Kier molecular flexibility index (Phi) is 3.78. The van der Waals surface area contributed by atoms with E-state index in [-0.39, 0.29) is 17.8 Å². The van der Waals surface area contributed by atoms with Crippen LogP contribution in [-0.2, 0) is 6.54 Å². The van der Waals surface area contributed by atoms with Crippen LogP contribution in [0.4, 0.5) is 4.39 Å². The molecule has 1 aliphatic heterocycles. The predicted molar refractivity (Wildman–Crippen MR) is 96.6 cm³/mol. The van der Waals surface area contributed by atoms with Crippen molar-refractivity contribution in [3.05, 3.63) is 47.3 Å². The van der Waals surface area contributed by atoms with Crippen LogP contribution in [0.3, 0.4) is 0 Å². The second-order valence-electron chi connectivity index (χ2n) is 6.97. The highest BCUT2D eigenvalue weighted by Gasteiger charge is 2.44. The van der Waals surface area contributed by atoms with Crippen molar-refractivity contribution in [1.82, 2.24) is 29.0 Å². The van der Waals surface area contributed by atoms with E-state index in [2.05, 4.69) is 24.1 Å². The van der Waals surface area contributed by atoms with Gasteiger partial charge in [0, 0.05) is 18.7 Å². The summed E-state index contributed by atoms with van der Waals surface area (Å²) in [7, 11) is 0. The zero-order valence-electron chi connectivity index (χ0n) is 14.7. The third-order valence-electron chi connectivity index (χ3n) is 5.08. The summed E-state index contributed by atoms with van der Waals surface area (Å²) in [6.45, 7) is 3.02. The van der Waals surface area contributed by atoms with Gasteiger partial charge in [-0.1, -0.05) is 0 Å². The Bertz CT molecular complexity index is 1010. The van der Waals surface area contributed by atoms with Crippen molar-refractivity contribution < 1.29 is 9.18 Å². The monoisotopic (exact) mass is 384 g/mol. The fourth-order valence-electron chi connectivity index (χ4n) is 3.65. The maximum atomic E-state index is 13.2. The quantitative estimate of drug-likeness (QED) is 0.694. The van der Waals surface area contributed by atoms with E-state index in [0.29, 0.717) is 24.6 Å². The van der Waals surface area contributed by atoms with Gasteiger partial charge in [0.05, 0.1) is 6.04 Å². The molecule has 5 rings (SSSR count). The highest BCUT2D eigenvalue weighted by atomic mass is 32.1. The standard InChI is InChI=1S/C18H17FN6OS/c1-10-20-17(27-23-10)16-22-21-15-14(11-2-3-11)24(8-9-25(15)16)18(26)12-4-6-13(19)7-5-12/h4-7,11,14H,2-3,8-9H2,1H3. The van der Waals surface area contributed by atoms with E-state index in [1.165, 1.54) is 35.8 Å². The normalized spacial score (nSPS) is 19.2. The average Bonchev–Trinajstić information content (AvgIpc) is 3.28. The van der Waals surface area contributed by atoms with Gasteiger partial charge in [0.1, 0.15) is 11.6 Å². The highest BCUT2D eigenvalue weighted by molar-refractivity contribution is 7.09. The maximum absolute atomic E-state index is 13.2. The van der Waals surface area contributed by atoms with E-state index in [4.69, 9.17) is 0 Å². The average molecular weight is 384 g/mol. The Hall–Kier alpha value is -2.68. The molecule has 27 heavy (non-hydrogen) atoms. The van der Waals surface area contributed by atoms with Crippen molar-refractivity contribution in [2.75, 3.05) is 6.54 Å². The third kappa shape index (κ3) is 2.82. The molecule has 1 saturated carbocycles. The molecule has 1 aromatic carbocycles. The Labute approximate surface area is 159 Å². The number of amides is 1. The number of rotatable bonds is 3. The Morgan fingerprint density at radius 1 is 1.19 bits per heavy atom. The van der Waals surface area contributed by atoms with Gasteiger partial charge < -0.3 is 9.47 Å². The van der Waals surface area contributed by atoms with Crippen molar-refractivity contribution >= 4 is 17.4 Å². The number of halogens is 1. The van der Waals surface area contributed by atoms with Crippen LogP contribution in [0.1, 0.15) is 40.9 Å². The Balaban J connectivity index is 1.51. The smallest absolute Gasteiger partial charge is 0.254 e. The van der Waals surface area contributed by atoms with Crippen LogP contribution in [0.5, 0.6) is 0 Å². The summed E-state index contributed by atoms with van der Waals surface area (Å²) in [5.74, 6) is 2.20. The van der Waals surface area contributed by atoms with Crippen LogP contribution in [0.15, 0.2) is 24.3 Å². The van der Waals surface area contributed by atoms with E-state index >= 15 is 0 Å². The molecule has 7 nitrogen and oxygen atoms in total. The van der Waals surface area contributed by atoms with E-state index in [1.807, 2.05) is 11.8 Å². The van der Waals surface area contributed by atoms with Gasteiger partial charge in [-0.15, -0.1) is 10.2 Å². The summed E-state index contributed by atoms with van der Waals surface area (Å²) in [6.07, 6.45) is 2.13. The van der Waals surface area contributed by atoms with Crippen LogP contribution in [0, 0.1) is 18.7 Å². The summed E-state index contributed by atoms with van der Waals surface area (Å²) in [5.41, 5.74) is 0.495. The second kappa shape index (κ2) is 6.19. The van der Waals surface area contributed by atoms with Crippen molar-refractivity contribution in [2.24, 2.45) is 5.92 Å². The number of aromatic nitrogens is 5. The molecule has 0 bridgehead atoms. The van der Waals surface area contributed by atoms with E-state index in [9.17, 15) is 9.18 Å². The molecule has 2 aromatic heterocycles. The first kappa shape index (κ1) is 16.5. The summed E-state index contributed by atoms with van der Waals surface area (Å²) < 4.78 is 19.5. The van der Waals surface area contributed by atoms with Crippen molar-refractivity contribution in [3.63, 3.8) is 0 Å². The van der Waals surface area contributed by atoms with Crippen molar-refractivity contribution in [1.29, 1.82) is 0 Å². The molecule has 1 aliphatic carbocycles. The Morgan fingerprint density at radius 3 is 2.63 bits per heavy atom. The molecular weight excluding hydrogens is 367 g/mol. The number of hydrogen-bond donors (Lipinski definition) is 0. The number of benzene rings is 1. The number of carbonyl (C=O) groups is 1. The lowest BCUT2D eigenvalue weighted by Gasteiger charge is -2.36. The molecule has 1 unspecified atom stereocenters. The molecule has 0 spiro atoms. The molecule has 0 radical (unpaired) electrons. The van der Waals surface area contributed by atoms with Gasteiger partial charge in [0.25, 0.3) is 5.91 Å². The topological polar surface area (TPSA) is 76.8 Å². The largest absolute Gasteiger partial charge is 0.326 e. The second-order valence-corrected chi connectivity index (χ2v) is 7.72. The van der Waals surface area contributed by atoms with E-state index in [1.54, 1.807) is 0 Å². The zero-order valence-corrected chi connectivity index (χ0v) is 15.5. The van der Waals surface area contributed by atoms with Crippen LogP contribution >= 0.6 is 11.5 Å². The summed E-state index contributed by atoms with van der Waals surface area (Å²) >= 11 is 1.31. The fraction of sp³-hybridized carbons (Fsp3) is 0.389. The summed E-state index contributed by atoms with van der Waals surface area (Å²) in [6, 6.07) is 5.61.